The molecule has 0 fully saturated rings. The highest BCUT2D eigenvalue weighted by molar-refractivity contribution is 7.80. The van der Waals surface area contributed by atoms with E-state index in [0.29, 0.717) is 5.56 Å². The summed E-state index contributed by atoms with van der Waals surface area (Å²) in [5.74, 6) is 0. The Morgan fingerprint density at radius 1 is 0.840 bits per heavy atom. The lowest BCUT2D eigenvalue weighted by atomic mass is 9.90. The second kappa shape index (κ2) is 5.81. The molecule has 4 rings (SSSR count). The summed E-state index contributed by atoms with van der Waals surface area (Å²) in [7, 11) is -4.76. The predicted octanol–water partition coefficient (Wildman–Crippen LogP) is 4.43. The van der Waals surface area contributed by atoms with Crippen LogP contribution in [0.4, 0.5) is 0 Å². The van der Waals surface area contributed by atoms with Gasteiger partial charge in [-0.1, -0.05) is 60.7 Å². The van der Waals surface area contributed by atoms with Crippen molar-refractivity contribution in [3.63, 3.8) is 0 Å². The van der Waals surface area contributed by atoms with E-state index in [0.717, 1.165) is 37.9 Å². The van der Waals surface area contributed by atoms with Crippen LogP contribution in [0, 0.1) is 6.92 Å². The Hall–Kier alpha value is -2.47. The minimum Gasteiger partial charge on any atom is -0.726 e. The number of fused-ring (bicyclic) bond motifs is 4. The van der Waals surface area contributed by atoms with Gasteiger partial charge < -0.3 is 4.55 Å². The largest absolute Gasteiger partial charge is 0.726 e. The van der Waals surface area contributed by atoms with E-state index in [1.807, 2.05) is 54.6 Å². The van der Waals surface area contributed by atoms with Crippen LogP contribution in [-0.2, 0) is 21.2 Å². The van der Waals surface area contributed by atoms with Crippen molar-refractivity contribution >= 4 is 42.7 Å². The Bertz CT molecular complexity index is 1230. The maximum Gasteiger partial charge on any atom is 0.217 e. The average molecular weight is 351 g/mol. The molecule has 0 unspecified atom stereocenters. The Kier molecular flexibility index (Phi) is 3.72. The number of benzene rings is 4. The normalized spacial score (nSPS) is 12.2. The van der Waals surface area contributed by atoms with Crippen molar-refractivity contribution in [1.29, 1.82) is 0 Å². The van der Waals surface area contributed by atoms with Crippen molar-refractivity contribution < 1.29 is 17.2 Å². The molecule has 0 saturated carbocycles. The highest BCUT2D eigenvalue weighted by Crippen LogP contribution is 2.37. The summed E-state index contributed by atoms with van der Waals surface area (Å²) in [6.07, 6.45) is 0. The molecule has 4 nitrogen and oxygen atoms in total. The average Bonchev–Trinajstić information content (AvgIpc) is 2.60. The minimum absolute atomic E-state index is 0.276. The number of aryl methyl sites for hydroxylation is 1. The van der Waals surface area contributed by atoms with Gasteiger partial charge in [-0.3, -0.25) is 4.18 Å². The van der Waals surface area contributed by atoms with Gasteiger partial charge in [0.15, 0.2) is 0 Å². The molecule has 4 aromatic rings. The fraction of sp³-hybridized carbons (Fsp3) is 0.100. The molecular formula is C20H15O4S-. The highest BCUT2D eigenvalue weighted by Gasteiger charge is 2.14. The number of rotatable bonds is 3. The number of hydrogen-bond donors (Lipinski definition) is 0. The molecule has 0 saturated heterocycles. The lowest BCUT2D eigenvalue weighted by molar-refractivity contribution is 0.254. The van der Waals surface area contributed by atoms with Crippen LogP contribution in [0.1, 0.15) is 11.1 Å². The summed E-state index contributed by atoms with van der Waals surface area (Å²) >= 11 is 0. The molecule has 0 N–H and O–H groups in total. The van der Waals surface area contributed by atoms with Gasteiger partial charge in [-0.05, 0) is 50.4 Å². The fourth-order valence-electron chi connectivity index (χ4n) is 3.57. The lowest BCUT2D eigenvalue weighted by Crippen LogP contribution is -2.05. The van der Waals surface area contributed by atoms with E-state index in [1.165, 1.54) is 0 Å². The summed E-state index contributed by atoms with van der Waals surface area (Å²) in [6, 6.07) is 19.8. The van der Waals surface area contributed by atoms with Crippen LogP contribution in [0.3, 0.4) is 0 Å². The third-order valence-electron chi connectivity index (χ3n) is 4.63. The molecule has 0 aliphatic heterocycles. The van der Waals surface area contributed by atoms with Crippen molar-refractivity contribution in [3.05, 3.63) is 71.8 Å². The Morgan fingerprint density at radius 2 is 1.48 bits per heavy atom. The Balaban J connectivity index is 2.16. The second-order valence-electron chi connectivity index (χ2n) is 6.03. The first-order chi connectivity index (χ1) is 12.0. The zero-order valence-corrected chi connectivity index (χ0v) is 14.3. The van der Waals surface area contributed by atoms with Gasteiger partial charge in [-0.25, -0.2) is 8.42 Å². The van der Waals surface area contributed by atoms with E-state index in [4.69, 9.17) is 0 Å². The molecule has 0 aromatic heterocycles. The first-order valence-corrected chi connectivity index (χ1v) is 9.21. The molecule has 0 radical (unpaired) electrons. The van der Waals surface area contributed by atoms with Crippen molar-refractivity contribution in [1.82, 2.24) is 0 Å². The van der Waals surface area contributed by atoms with Gasteiger partial charge in [-0.15, -0.1) is 0 Å². The summed E-state index contributed by atoms with van der Waals surface area (Å²) in [5.41, 5.74) is 1.83. The van der Waals surface area contributed by atoms with Gasteiger partial charge in [0, 0.05) is 0 Å². The maximum absolute atomic E-state index is 11.0. The summed E-state index contributed by atoms with van der Waals surface area (Å²) in [4.78, 5) is 0. The van der Waals surface area contributed by atoms with Gasteiger partial charge >= 0.3 is 0 Å². The van der Waals surface area contributed by atoms with E-state index in [9.17, 15) is 13.0 Å². The SMILES string of the molecule is Cc1c2ccccc2c(COS(=O)(=O)[O-])c2ccc3ccccc3c12. The van der Waals surface area contributed by atoms with Crippen molar-refractivity contribution in [3.8, 4) is 0 Å². The van der Waals surface area contributed by atoms with Crippen molar-refractivity contribution in [2.75, 3.05) is 0 Å². The highest BCUT2D eigenvalue weighted by atomic mass is 32.3. The third-order valence-corrected chi connectivity index (χ3v) is 5.04. The van der Waals surface area contributed by atoms with Gasteiger partial charge in [0.1, 0.15) is 0 Å². The van der Waals surface area contributed by atoms with Crippen LogP contribution in [-0.4, -0.2) is 13.0 Å². The van der Waals surface area contributed by atoms with Gasteiger partial charge in [0.25, 0.3) is 0 Å². The molecule has 0 aliphatic rings. The van der Waals surface area contributed by atoms with Gasteiger partial charge in [-0.2, -0.15) is 0 Å². The molecule has 5 heteroatoms. The minimum atomic E-state index is -4.76. The van der Waals surface area contributed by atoms with Crippen LogP contribution in [0.25, 0.3) is 32.3 Å². The maximum atomic E-state index is 11.0. The zero-order valence-electron chi connectivity index (χ0n) is 13.5. The summed E-state index contributed by atoms with van der Waals surface area (Å²) < 4.78 is 37.5. The fourth-order valence-corrected chi connectivity index (χ4v) is 3.83. The Morgan fingerprint density at radius 3 is 2.20 bits per heavy atom. The second-order valence-corrected chi connectivity index (χ2v) is 7.08. The van der Waals surface area contributed by atoms with Crippen LogP contribution in [0.2, 0.25) is 0 Å². The zero-order chi connectivity index (χ0) is 17.6. The molecule has 0 aliphatic carbocycles. The molecule has 0 amide bonds. The molecule has 0 bridgehead atoms. The number of hydrogen-bond acceptors (Lipinski definition) is 4. The molecule has 0 spiro atoms. The van der Waals surface area contributed by atoms with Crippen molar-refractivity contribution in [2.45, 2.75) is 13.5 Å². The Labute approximate surface area is 145 Å². The molecule has 25 heavy (non-hydrogen) atoms. The predicted molar refractivity (Wildman–Crippen MR) is 98.2 cm³/mol. The molecule has 4 aromatic carbocycles. The van der Waals surface area contributed by atoms with Gasteiger partial charge in [0.2, 0.25) is 10.4 Å². The molecular weight excluding hydrogens is 336 g/mol. The van der Waals surface area contributed by atoms with Crippen LogP contribution in [0.15, 0.2) is 60.7 Å². The lowest BCUT2D eigenvalue weighted by Gasteiger charge is -2.17. The van der Waals surface area contributed by atoms with Crippen LogP contribution >= 0.6 is 0 Å². The molecule has 0 heterocycles. The molecule has 0 atom stereocenters. The first kappa shape index (κ1) is 16.0. The summed E-state index contributed by atoms with van der Waals surface area (Å²) in [6.45, 7) is 1.79. The quantitative estimate of drug-likeness (QED) is 0.237. The smallest absolute Gasteiger partial charge is 0.217 e. The van der Waals surface area contributed by atoms with Gasteiger partial charge in [0.05, 0.1) is 6.61 Å². The van der Waals surface area contributed by atoms with E-state index in [-0.39, 0.29) is 6.61 Å². The van der Waals surface area contributed by atoms with Crippen molar-refractivity contribution in [2.24, 2.45) is 0 Å². The monoisotopic (exact) mass is 351 g/mol. The summed E-state index contributed by atoms with van der Waals surface area (Å²) in [5, 5.41) is 6.07. The van der Waals surface area contributed by atoms with E-state index >= 15 is 0 Å². The van der Waals surface area contributed by atoms with E-state index in [1.54, 1.807) is 0 Å². The van der Waals surface area contributed by atoms with Crippen LogP contribution < -0.4 is 0 Å². The standard InChI is InChI=1S/C20H16O4S/c1-13-15-7-4-5-9-17(15)19(12-24-25(21,22)23)18-11-10-14-6-2-3-8-16(14)20(13)18/h2-11H,12H2,1H3,(H,21,22,23)/p-1. The first-order valence-electron chi connectivity index (χ1n) is 7.87. The topological polar surface area (TPSA) is 66.4 Å². The molecule has 126 valence electrons. The van der Waals surface area contributed by atoms with E-state index in [2.05, 4.69) is 17.2 Å². The van der Waals surface area contributed by atoms with Crippen LogP contribution in [0.5, 0.6) is 0 Å². The third kappa shape index (κ3) is 2.76. The van der Waals surface area contributed by atoms with E-state index < -0.39 is 10.4 Å².